The van der Waals surface area contributed by atoms with Crippen molar-refractivity contribution in [3.8, 4) is 0 Å². The van der Waals surface area contributed by atoms with Crippen molar-refractivity contribution in [2.75, 3.05) is 39.8 Å². The third-order valence-corrected chi connectivity index (χ3v) is 5.40. The van der Waals surface area contributed by atoms with Crippen molar-refractivity contribution in [1.82, 2.24) is 9.80 Å². The van der Waals surface area contributed by atoms with E-state index in [0.29, 0.717) is 0 Å². The average Bonchev–Trinajstić information content (AvgIpc) is 2.36. The number of rotatable bonds is 4. The van der Waals surface area contributed by atoms with E-state index in [0.717, 1.165) is 15.4 Å². The largest absolute Gasteiger partial charge is 0.304 e. The summed E-state index contributed by atoms with van der Waals surface area (Å²) < 4.78 is 2.28. The summed E-state index contributed by atoms with van der Waals surface area (Å²) in [5, 5.41) is 0. The fraction of sp³-hybridized carbons (Fsp3) is 0.571. The second kappa shape index (κ2) is 7.04. The Morgan fingerprint density at radius 3 is 2.44 bits per heavy atom. The fourth-order valence-electron chi connectivity index (χ4n) is 2.27. The second-order valence-corrected chi connectivity index (χ2v) is 6.71. The molecule has 0 saturated carbocycles. The van der Waals surface area contributed by atoms with Crippen molar-refractivity contribution in [1.29, 1.82) is 0 Å². The summed E-state index contributed by atoms with van der Waals surface area (Å²) in [6, 6.07) is 6.54. The maximum Gasteiger partial charge on any atom is 0.0320 e. The number of hydrogen-bond acceptors (Lipinski definition) is 2. The van der Waals surface area contributed by atoms with Crippen LogP contribution in [0.4, 0.5) is 0 Å². The first-order valence-electron chi connectivity index (χ1n) is 6.50. The predicted molar refractivity (Wildman–Crippen MR) is 84.1 cm³/mol. The molecule has 0 bridgehead atoms. The number of halogens is 2. The van der Waals surface area contributed by atoms with Gasteiger partial charge in [0.1, 0.15) is 0 Å². The Labute approximate surface area is 127 Å². The van der Waals surface area contributed by atoms with E-state index in [1.165, 1.54) is 44.7 Å². The van der Waals surface area contributed by atoms with Gasteiger partial charge >= 0.3 is 0 Å². The maximum atomic E-state index is 3.56. The molecule has 1 aliphatic rings. The second-order valence-electron chi connectivity index (χ2n) is 5.00. The predicted octanol–water partition coefficient (Wildman–Crippen LogP) is 3.39. The lowest BCUT2D eigenvalue weighted by molar-refractivity contribution is 0.153. The molecule has 18 heavy (non-hydrogen) atoms. The van der Waals surface area contributed by atoms with Crippen LogP contribution >= 0.6 is 31.9 Å². The first-order chi connectivity index (χ1) is 8.65. The summed E-state index contributed by atoms with van der Waals surface area (Å²) in [6.45, 7) is 6.09. The molecule has 0 spiro atoms. The van der Waals surface area contributed by atoms with Gasteiger partial charge in [-0.3, -0.25) is 0 Å². The smallest absolute Gasteiger partial charge is 0.0320 e. The zero-order valence-electron chi connectivity index (χ0n) is 10.8. The van der Waals surface area contributed by atoms with Gasteiger partial charge in [-0.2, -0.15) is 0 Å². The summed E-state index contributed by atoms with van der Waals surface area (Å²) in [4.78, 5) is 4.98. The maximum absolute atomic E-state index is 3.56. The molecule has 100 valence electrons. The SMILES string of the molecule is CN1CCN(CCCc2ccc(Br)c(Br)c2)CC1. The molecule has 4 heteroatoms. The zero-order valence-corrected chi connectivity index (χ0v) is 14.0. The van der Waals surface area contributed by atoms with E-state index in [4.69, 9.17) is 0 Å². The van der Waals surface area contributed by atoms with E-state index in [2.05, 4.69) is 66.9 Å². The van der Waals surface area contributed by atoms with Crippen LogP contribution < -0.4 is 0 Å². The van der Waals surface area contributed by atoms with Crippen LogP contribution in [-0.2, 0) is 6.42 Å². The van der Waals surface area contributed by atoms with E-state index in [9.17, 15) is 0 Å². The lowest BCUT2D eigenvalue weighted by atomic mass is 10.1. The quantitative estimate of drug-likeness (QED) is 0.795. The van der Waals surface area contributed by atoms with Crippen LogP contribution in [0.3, 0.4) is 0 Å². The normalized spacial score (nSPS) is 18.2. The van der Waals surface area contributed by atoms with Crippen LogP contribution in [0.15, 0.2) is 27.1 Å². The van der Waals surface area contributed by atoms with E-state index < -0.39 is 0 Å². The molecule has 1 aliphatic heterocycles. The lowest BCUT2D eigenvalue weighted by Gasteiger charge is -2.32. The fourth-order valence-corrected chi connectivity index (χ4v) is 2.95. The number of aryl methyl sites for hydroxylation is 1. The van der Waals surface area contributed by atoms with Gasteiger partial charge in [0, 0.05) is 35.1 Å². The molecular formula is C14H20Br2N2. The van der Waals surface area contributed by atoms with Gasteiger partial charge in [-0.1, -0.05) is 6.07 Å². The van der Waals surface area contributed by atoms with E-state index in [1.54, 1.807) is 0 Å². The van der Waals surface area contributed by atoms with Crippen molar-refractivity contribution in [2.24, 2.45) is 0 Å². The number of nitrogens with zero attached hydrogens (tertiary/aromatic N) is 2. The van der Waals surface area contributed by atoms with Gasteiger partial charge < -0.3 is 9.80 Å². The summed E-state index contributed by atoms with van der Waals surface area (Å²) in [5.41, 5.74) is 1.42. The Morgan fingerprint density at radius 2 is 1.78 bits per heavy atom. The molecule has 0 aliphatic carbocycles. The first kappa shape index (κ1) is 14.5. The molecule has 0 N–H and O–H groups in total. The van der Waals surface area contributed by atoms with Crippen LogP contribution in [0.1, 0.15) is 12.0 Å². The van der Waals surface area contributed by atoms with Gasteiger partial charge in [-0.05, 0) is 76.0 Å². The van der Waals surface area contributed by atoms with Gasteiger partial charge in [-0.15, -0.1) is 0 Å². The van der Waals surface area contributed by atoms with E-state index in [1.807, 2.05) is 0 Å². The minimum Gasteiger partial charge on any atom is -0.304 e. The molecule has 0 atom stereocenters. The molecule has 1 fully saturated rings. The molecule has 2 rings (SSSR count). The van der Waals surface area contributed by atoms with Crippen molar-refractivity contribution < 1.29 is 0 Å². The van der Waals surface area contributed by atoms with Crippen LogP contribution in [0.25, 0.3) is 0 Å². The van der Waals surface area contributed by atoms with E-state index >= 15 is 0 Å². The Hall–Kier alpha value is 0.1000. The molecule has 0 amide bonds. The highest BCUT2D eigenvalue weighted by atomic mass is 79.9. The van der Waals surface area contributed by atoms with Gasteiger partial charge in [-0.25, -0.2) is 0 Å². The molecule has 2 nitrogen and oxygen atoms in total. The van der Waals surface area contributed by atoms with Crippen LogP contribution in [-0.4, -0.2) is 49.6 Å². The Balaban J connectivity index is 1.73. The molecule has 1 aromatic rings. The Morgan fingerprint density at radius 1 is 1.06 bits per heavy atom. The molecule has 1 heterocycles. The van der Waals surface area contributed by atoms with Crippen molar-refractivity contribution in [2.45, 2.75) is 12.8 Å². The molecule has 0 unspecified atom stereocenters. The first-order valence-corrected chi connectivity index (χ1v) is 8.08. The monoisotopic (exact) mass is 374 g/mol. The number of benzene rings is 1. The van der Waals surface area contributed by atoms with Crippen molar-refractivity contribution >= 4 is 31.9 Å². The van der Waals surface area contributed by atoms with Crippen molar-refractivity contribution in [3.05, 3.63) is 32.7 Å². The van der Waals surface area contributed by atoms with Gasteiger partial charge in [0.05, 0.1) is 0 Å². The summed E-state index contributed by atoms with van der Waals surface area (Å²) >= 11 is 7.06. The number of hydrogen-bond donors (Lipinski definition) is 0. The Kier molecular flexibility index (Phi) is 5.67. The molecule has 1 aromatic carbocycles. The summed E-state index contributed by atoms with van der Waals surface area (Å²) in [6.07, 6.45) is 2.41. The summed E-state index contributed by atoms with van der Waals surface area (Å²) in [7, 11) is 2.21. The topological polar surface area (TPSA) is 6.48 Å². The lowest BCUT2D eigenvalue weighted by Crippen LogP contribution is -2.44. The standard InChI is InChI=1S/C14H20Br2N2/c1-17-7-9-18(10-8-17)6-2-3-12-4-5-13(15)14(16)11-12/h4-5,11H,2-3,6-10H2,1H3. The van der Waals surface area contributed by atoms with Crippen LogP contribution in [0.5, 0.6) is 0 Å². The molecular weight excluding hydrogens is 356 g/mol. The molecule has 1 saturated heterocycles. The highest BCUT2D eigenvalue weighted by Gasteiger charge is 2.12. The van der Waals surface area contributed by atoms with Crippen molar-refractivity contribution in [3.63, 3.8) is 0 Å². The zero-order chi connectivity index (χ0) is 13.0. The molecule has 0 radical (unpaired) electrons. The third kappa shape index (κ3) is 4.34. The van der Waals surface area contributed by atoms with Gasteiger partial charge in [0.15, 0.2) is 0 Å². The van der Waals surface area contributed by atoms with Crippen LogP contribution in [0.2, 0.25) is 0 Å². The Bertz CT molecular complexity index is 387. The minimum absolute atomic E-state index is 1.13. The molecule has 0 aromatic heterocycles. The average molecular weight is 376 g/mol. The third-order valence-electron chi connectivity index (χ3n) is 3.52. The number of likely N-dealkylation sites (N-methyl/N-ethyl adjacent to an activating group) is 1. The van der Waals surface area contributed by atoms with Crippen LogP contribution in [0, 0.1) is 0 Å². The highest BCUT2D eigenvalue weighted by molar-refractivity contribution is 9.13. The number of piperazine rings is 1. The van der Waals surface area contributed by atoms with Gasteiger partial charge in [0.25, 0.3) is 0 Å². The minimum atomic E-state index is 1.13. The highest BCUT2D eigenvalue weighted by Crippen LogP contribution is 2.24. The van der Waals surface area contributed by atoms with Gasteiger partial charge in [0.2, 0.25) is 0 Å². The summed E-state index contributed by atoms with van der Waals surface area (Å²) in [5.74, 6) is 0. The van der Waals surface area contributed by atoms with E-state index in [-0.39, 0.29) is 0 Å².